The van der Waals surface area contributed by atoms with Crippen molar-refractivity contribution in [2.75, 3.05) is 21.3 Å². The molecule has 1 N–H and O–H groups in total. The standard InChI is InChI=1S/C26H26N2O5/c1-15-8-11-22(29)19(12-15)20-14-21-17-6-5-7-23(31-3)25(17)33-26(28(21)27-20)18-10-9-16(30-2)13-24(18)32-4/h5-13,21,26,29H,14H2,1-4H3/t21-,26+/m0/s1. The van der Waals surface area contributed by atoms with Crippen LogP contribution in [0.3, 0.4) is 0 Å². The first-order valence-corrected chi connectivity index (χ1v) is 10.7. The minimum Gasteiger partial charge on any atom is -0.507 e. The Kier molecular flexibility index (Phi) is 5.24. The summed E-state index contributed by atoms with van der Waals surface area (Å²) in [7, 11) is 4.88. The quantitative estimate of drug-likeness (QED) is 0.597. The van der Waals surface area contributed by atoms with E-state index in [1.165, 1.54) is 0 Å². The number of hydrogen-bond donors (Lipinski definition) is 1. The Hall–Kier alpha value is -3.87. The zero-order valence-electron chi connectivity index (χ0n) is 19.0. The van der Waals surface area contributed by atoms with Crippen LogP contribution in [0.1, 0.15) is 40.9 Å². The number of hydrazone groups is 1. The number of ether oxygens (including phenoxy) is 4. The molecule has 0 fully saturated rings. The fraction of sp³-hybridized carbons (Fsp3) is 0.269. The molecule has 0 unspecified atom stereocenters. The van der Waals surface area contributed by atoms with Gasteiger partial charge in [-0.25, -0.2) is 5.01 Å². The number of para-hydroxylation sites is 1. The van der Waals surface area contributed by atoms with Crippen molar-refractivity contribution < 1.29 is 24.1 Å². The van der Waals surface area contributed by atoms with E-state index in [2.05, 4.69) is 0 Å². The van der Waals surface area contributed by atoms with E-state index in [9.17, 15) is 5.11 Å². The Balaban J connectivity index is 1.66. The highest BCUT2D eigenvalue weighted by molar-refractivity contribution is 6.04. The number of aryl methyl sites for hydroxylation is 1. The molecule has 7 heteroatoms. The minimum atomic E-state index is -0.552. The van der Waals surface area contributed by atoms with Gasteiger partial charge in [0.2, 0.25) is 6.23 Å². The van der Waals surface area contributed by atoms with E-state index < -0.39 is 6.23 Å². The van der Waals surface area contributed by atoms with Gasteiger partial charge in [-0.2, -0.15) is 5.10 Å². The third kappa shape index (κ3) is 3.50. The maximum absolute atomic E-state index is 10.5. The Labute approximate surface area is 192 Å². The molecule has 0 radical (unpaired) electrons. The lowest BCUT2D eigenvalue weighted by atomic mass is 9.94. The third-order valence-corrected chi connectivity index (χ3v) is 6.17. The van der Waals surface area contributed by atoms with Crippen LogP contribution in [0.2, 0.25) is 0 Å². The van der Waals surface area contributed by atoms with Gasteiger partial charge in [0.1, 0.15) is 17.2 Å². The molecule has 2 aliphatic rings. The van der Waals surface area contributed by atoms with Crippen molar-refractivity contribution >= 4 is 5.71 Å². The van der Waals surface area contributed by atoms with E-state index in [-0.39, 0.29) is 11.8 Å². The van der Waals surface area contributed by atoms with Crippen molar-refractivity contribution in [3.8, 4) is 28.7 Å². The lowest BCUT2D eigenvalue weighted by molar-refractivity contribution is -0.0222. The van der Waals surface area contributed by atoms with Gasteiger partial charge in [-0.15, -0.1) is 0 Å². The molecule has 2 aliphatic heterocycles. The number of methoxy groups -OCH3 is 3. The van der Waals surface area contributed by atoms with Crippen molar-refractivity contribution in [3.05, 3.63) is 76.9 Å². The van der Waals surface area contributed by atoms with Crippen molar-refractivity contribution in [2.45, 2.75) is 25.6 Å². The maximum atomic E-state index is 10.5. The lowest BCUT2D eigenvalue weighted by Crippen LogP contribution is -2.34. The molecule has 5 rings (SSSR count). The van der Waals surface area contributed by atoms with Crippen LogP contribution >= 0.6 is 0 Å². The highest BCUT2D eigenvalue weighted by atomic mass is 16.5. The second kappa shape index (κ2) is 8.24. The smallest absolute Gasteiger partial charge is 0.217 e. The van der Waals surface area contributed by atoms with E-state index in [0.29, 0.717) is 29.4 Å². The molecule has 0 spiro atoms. The van der Waals surface area contributed by atoms with Crippen molar-refractivity contribution in [1.82, 2.24) is 5.01 Å². The topological polar surface area (TPSA) is 72.8 Å². The average Bonchev–Trinajstić information content (AvgIpc) is 3.29. The van der Waals surface area contributed by atoms with Gasteiger partial charge in [0.05, 0.1) is 38.6 Å². The van der Waals surface area contributed by atoms with Gasteiger partial charge in [0.15, 0.2) is 11.5 Å². The summed E-state index contributed by atoms with van der Waals surface area (Å²) in [6.45, 7) is 2.00. The molecule has 0 saturated carbocycles. The van der Waals surface area contributed by atoms with Gasteiger partial charge < -0.3 is 24.1 Å². The van der Waals surface area contributed by atoms with Crippen molar-refractivity contribution in [3.63, 3.8) is 0 Å². The summed E-state index contributed by atoms with van der Waals surface area (Å²) >= 11 is 0. The molecule has 2 atom stereocenters. The normalized spacial score (nSPS) is 18.7. The van der Waals surface area contributed by atoms with Gasteiger partial charge in [-0.05, 0) is 37.3 Å². The first-order valence-electron chi connectivity index (χ1n) is 10.7. The summed E-state index contributed by atoms with van der Waals surface area (Å²) in [6, 6.07) is 17.0. The van der Waals surface area contributed by atoms with E-state index in [1.54, 1.807) is 27.4 Å². The molecule has 170 valence electrons. The second-order valence-corrected chi connectivity index (χ2v) is 8.12. The van der Waals surface area contributed by atoms with E-state index in [4.69, 9.17) is 24.0 Å². The number of nitrogens with zero attached hydrogens (tertiary/aromatic N) is 2. The second-order valence-electron chi connectivity index (χ2n) is 8.12. The van der Waals surface area contributed by atoms with E-state index in [1.807, 2.05) is 60.5 Å². The highest BCUT2D eigenvalue weighted by Gasteiger charge is 2.43. The average molecular weight is 447 g/mol. The Morgan fingerprint density at radius 3 is 2.52 bits per heavy atom. The molecule has 2 heterocycles. The summed E-state index contributed by atoms with van der Waals surface area (Å²) in [5, 5.41) is 17.4. The molecule has 0 bridgehead atoms. The van der Waals surface area contributed by atoms with Crippen LogP contribution in [0.4, 0.5) is 0 Å². The summed E-state index contributed by atoms with van der Waals surface area (Å²) in [4.78, 5) is 0. The van der Waals surface area contributed by atoms with Gasteiger partial charge in [0.25, 0.3) is 0 Å². The van der Waals surface area contributed by atoms with Crippen LogP contribution in [0.5, 0.6) is 28.7 Å². The molecule has 0 aromatic heterocycles. The Morgan fingerprint density at radius 2 is 1.76 bits per heavy atom. The molecular formula is C26H26N2O5. The monoisotopic (exact) mass is 446 g/mol. The van der Waals surface area contributed by atoms with Gasteiger partial charge >= 0.3 is 0 Å². The van der Waals surface area contributed by atoms with Gasteiger partial charge in [-0.1, -0.05) is 23.8 Å². The zero-order valence-corrected chi connectivity index (χ0v) is 19.0. The molecule has 0 saturated heterocycles. The number of phenols is 1. The number of benzene rings is 3. The first-order chi connectivity index (χ1) is 16.0. The van der Waals surface area contributed by atoms with Crippen LogP contribution < -0.4 is 18.9 Å². The highest BCUT2D eigenvalue weighted by Crippen LogP contribution is 2.52. The molecule has 7 nitrogen and oxygen atoms in total. The molecule has 33 heavy (non-hydrogen) atoms. The van der Waals surface area contributed by atoms with Crippen molar-refractivity contribution in [2.24, 2.45) is 5.10 Å². The van der Waals surface area contributed by atoms with Crippen LogP contribution in [0.15, 0.2) is 59.7 Å². The fourth-order valence-corrected chi connectivity index (χ4v) is 4.52. The number of aromatic hydroxyl groups is 1. The summed E-state index contributed by atoms with van der Waals surface area (Å²) in [5.41, 5.74) is 4.40. The van der Waals surface area contributed by atoms with E-state index in [0.717, 1.165) is 28.0 Å². The predicted octanol–water partition coefficient (Wildman–Crippen LogP) is 4.97. The minimum absolute atomic E-state index is 0.0874. The van der Waals surface area contributed by atoms with Crippen LogP contribution in [0.25, 0.3) is 0 Å². The molecule has 0 aliphatic carbocycles. The maximum Gasteiger partial charge on any atom is 0.217 e. The first kappa shape index (κ1) is 21.0. The zero-order chi connectivity index (χ0) is 23.1. The number of fused-ring (bicyclic) bond motifs is 3. The predicted molar refractivity (Wildman–Crippen MR) is 124 cm³/mol. The fourth-order valence-electron chi connectivity index (χ4n) is 4.52. The van der Waals surface area contributed by atoms with Gasteiger partial charge in [0, 0.05) is 23.6 Å². The molecule has 0 amide bonds. The van der Waals surface area contributed by atoms with Crippen molar-refractivity contribution in [1.29, 1.82) is 0 Å². The lowest BCUT2D eigenvalue weighted by Gasteiger charge is -2.39. The van der Waals surface area contributed by atoms with Crippen LogP contribution in [0, 0.1) is 6.92 Å². The Morgan fingerprint density at radius 1 is 0.939 bits per heavy atom. The van der Waals surface area contributed by atoms with E-state index >= 15 is 0 Å². The number of hydrogen-bond acceptors (Lipinski definition) is 7. The molecule has 3 aromatic rings. The third-order valence-electron chi connectivity index (χ3n) is 6.17. The number of rotatable bonds is 5. The summed E-state index contributed by atoms with van der Waals surface area (Å²) < 4.78 is 23.2. The number of phenolic OH excluding ortho intramolecular Hbond substituents is 1. The molecular weight excluding hydrogens is 420 g/mol. The summed E-state index contributed by atoms with van der Waals surface area (Å²) in [6.07, 6.45) is 0.0688. The molecule has 3 aromatic carbocycles. The summed E-state index contributed by atoms with van der Waals surface area (Å²) in [5.74, 6) is 2.89. The largest absolute Gasteiger partial charge is 0.507 e. The van der Waals surface area contributed by atoms with Crippen LogP contribution in [-0.4, -0.2) is 37.2 Å². The SMILES string of the molecule is COc1ccc([C@H]2Oc3c(OC)cccc3[C@@H]3CC(c4cc(C)ccc4O)=NN23)c(OC)c1. The Bertz CT molecular complexity index is 1240. The van der Waals surface area contributed by atoms with Gasteiger partial charge in [-0.3, -0.25) is 0 Å². The van der Waals surface area contributed by atoms with Crippen LogP contribution in [-0.2, 0) is 0 Å².